The first-order chi connectivity index (χ1) is 5.72. The third-order valence-electron chi connectivity index (χ3n) is 1.22. The molecule has 4 heteroatoms. The Balaban J connectivity index is 0.000000354. The summed E-state index contributed by atoms with van der Waals surface area (Å²) in [5, 5.41) is 0. The molecule has 0 fully saturated rings. The van der Waals surface area contributed by atoms with Crippen LogP contribution < -0.4 is 4.90 Å². The molecule has 1 rings (SSSR count). The molecular weight excluding hydrogens is 287 g/mol. The maximum absolute atomic E-state index is 4.81. The van der Waals surface area contributed by atoms with Crippen molar-refractivity contribution in [3.05, 3.63) is 30.3 Å². The van der Waals surface area contributed by atoms with Gasteiger partial charge in [0.1, 0.15) is 0 Å². The van der Waals surface area contributed by atoms with Crippen molar-refractivity contribution in [2.24, 2.45) is 0 Å². The van der Waals surface area contributed by atoms with Gasteiger partial charge in [-0.25, -0.2) is 0 Å². The predicted molar refractivity (Wildman–Crippen MR) is 51.3 cm³/mol. The molecule has 0 aromatic heterocycles. The number of hydrogen-bond donors (Lipinski definition) is 0. The van der Waals surface area contributed by atoms with E-state index in [4.69, 9.17) is 19.1 Å². The Labute approximate surface area is 89.8 Å². The maximum atomic E-state index is 4.81. The fourth-order valence-corrected chi connectivity index (χ4v) is 0.676. The zero-order valence-corrected chi connectivity index (χ0v) is 9.90. The van der Waals surface area contributed by atoms with Crippen LogP contribution in [0.25, 0.3) is 0 Å². The Morgan fingerprint density at radius 2 is 1.67 bits per heavy atom. The molecular formula is C8H10Cl2NPd. The van der Waals surface area contributed by atoms with Crippen LogP contribution in [0, 0.1) is 6.07 Å². The molecule has 1 nitrogen and oxygen atoms in total. The van der Waals surface area contributed by atoms with Gasteiger partial charge in [-0.1, -0.05) is 12.1 Å². The Bertz CT molecular complexity index is 192. The van der Waals surface area contributed by atoms with Crippen LogP contribution in [0.3, 0.4) is 0 Å². The molecule has 1 aromatic rings. The number of nitrogens with zero attached hydrogens (tertiary/aromatic N) is 1. The zero-order chi connectivity index (χ0) is 9.40. The van der Waals surface area contributed by atoms with Gasteiger partial charge in [-0.05, 0) is 18.2 Å². The molecule has 12 heavy (non-hydrogen) atoms. The van der Waals surface area contributed by atoms with E-state index in [1.165, 1.54) is 5.69 Å². The minimum atomic E-state index is -0.106. The third-order valence-corrected chi connectivity index (χ3v) is 1.22. The molecule has 0 aliphatic carbocycles. The summed E-state index contributed by atoms with van der Waals surface area (Å²) in [5.74, 6) is 0. The first-order valence-electron chi connectivity index (χ1n) is 3.18. The summed E-state index contributed by atoms with van der Waals surface area (Å²) in [4.78, 5) is 2.06. The Hall–Kier alpha value is 0.262. The first kappa shape index (κ1) is 12.3. The molecule has 0 amide bonds. The molecule has 0 N–H and O–H groups in total. The molecule has 0 unspecified atom stereocenters. The number of anilines is 1. The van der Waals surface area contributed by atoms with Gasteiger partial charge in [-0.3, -0.25) is 0 Å². The number of hydrogen-bond acceptors (Lipinski definition) is 1. The molecule has 0 bridgehead atoms. The van der Waals surface area contributed by atoms with Gasteiger partial charge in [-0.2, -0.15) is 0 Å². The Kier molecular flexibility index (Phi) is 8.06. The van der Waals surface area contributed by atoms with Gasteiger partial charge in [0, 0.05) is 19.8 Å². The van der Waals surface area contributed by atoms with E-state index in [0.717, 1.165) is 0 Å². The summed E-state index contributed by atoms with van der Waals surface area (Å²) >= 11 is -0.106. The van der Waals surface area contributed by atoms with Crippen LogP contribution in [0.15, 0.2) is 24.3 Å². The first-order valence-corrected chi connectivity index (χ1v) is 7.18. The monoisotopic (exact) mass is 296 g/mol. The van der Waals surface area contributed by atoms with Crippen molar-refractivity contribution in [3.8, 4) is 0 Å². The van der Waals surface area contributed by atoms with E-state index in [0.29, 0.717) is 0 Å². The topological polar surface area (TPSA) is 3.24 Å². The van der Waals surface area contributed by atoms with Crippen LogP contribution in [0.5, 0.6) is 0 Å². The van der Waals surface area contributed by atoms with Gasteiger partial charge in [0.15, 0.2) is 0 Å². The molecule has 0 heterocycles. The third kappa shape index (κ3) is 5.86. The van der Waals surface area contributed by atoms with Crippen molar-refractivity contribution in [2.75, 3.05) is 19.0 Å². The van der Waals surface area contributed by atoms with Gasteiger partial charge in [0.25, 0.3) is 0 Å². The molecule has 0 aliphatic heterocycles. The van der Waals surface area contributed by atoms with Crippen molar-refractivity contribution < 1.29 is 15.9 Å². The van der Waals surface area contributed by atoms with Gasteiger partial charge in [0.2, 0.25) is 0 Å². The standard InChI is InChI=1S/C8H10N.2ClH.Pd/c1-9(2)8-6-4-3-5-7-8;;;/h4-7H,1-2H3;2*1H;/q;;;+2/p-2. The second-order valence-electron chi connectivity index (χ2n) is 2.20. The summed E-state index contributed by atoms with van der Waals surface area (Å²) in [6, 6.07) is 10.8. The van der Waals surface area contributed by atoms with Crippen molar-refractivity contribution in [1.29, 1.82) is 0 Å². The molecule has 1 radical (unpaired) electrons. The van der Waals surface area contributed by atoms with E-state index in [1.807, 2.05) is 38.4 Å². The number of benzene rings is 1. The summed E-state index contributed by atoms with van der Waals surface area (Å²) in [5.41, 5.74) is 1.22. The number of rotatable bonds is 1. The number of halogens is 2. The van der Waals surface area contributed by atoms with Crippen LogP contribution >= 0.6 is 19.1 Å². The quantitative estimate of drug-likeness (QED) is 0.721. The molecule has 0 aliphatic rings. The minimum absolute atomic E-state index is 0.106. The average Bonchev–Trinajstić information content (AvgIpc) is 2.07. The fraction of sp³-hybridized carbons (Fsp3) is 0.250. The summed E-state index contributed by atoms with van der Waals surface area (Å²) in [7, 11) is 13.7. The van der Waals surface area contributed by atoms with Crippen LogP contribution in [-0.2, 0) is 15.9 Å². The molecule has 1 aromatic carbocycles. The summed E-state index contributed by atoms with van der Waals surface area (Å²) in [6.45, 7) is 0. The van der Waals surface area contributed by atoms with E-state index in [9.17, 15) is 0 Å². The Morgan fingerprint density at radius 3 is 1.92 bits per heavy atom. The van der Waals surface area contributed by atoms with Crippen LogP contribution in [0.2, 0.25) is 0 Å². The van der Waals surface area contributed by atoms with Crippen molar-refractivity contribution >= 4 is 24.7 Å². The average molecular weight is 298 g/mol. The van der Waals surface area contributed by atoms with E-state index in [1.54, 1.807) is 0 Å². The van der Waals surface area contributed by atoms with Gasteiger partial charge in [-0.15, -0.1) is 0 Å². The van der Waals surface area contributed by atoms with Crippen molar-refractivity contribution in [2.45, 2.75) is 0 Å². The second kappa shape index (κ2) is 7.89. The predicted octanol–water partition coefficient (Wildman–Crippen LogP) is 2.93. The SMILES string of the molecule is CN(C)c1cc[c]cc1.[Cl][Pd][Cl]. The molecule has 0 saturated carbocycles. The summed E-state index contributed by atoms with van der Waals surface area (Å²) < 4.78 is 0. The fourth-order valence-electron chi connectivity index (χ4n) is 0.676. The Morgan fingerprint density at radius 1 is 1.25 bits per heavy atom. The normalized spacial score (nSPS) is 8.67. The van der Waals surface area contributed by atoms with Gasteiger partial charge in [0.05, 0.1) is 0 Å². The van der Waals surface area contributed by atoms with E-state index in [2.05, 4.69) is 11.0 Å². The van der Waals surface area contributed by atoms with Crippen molar-refractivity contribution in [1.82, 2.24) is 0 Å². The van der Waals surface area contributed by atoms with Crippen LogP contribution in [0.1, 0.15) is 0 Å². The second-order valence-corrected chi connectivity index (χ2v) is 4.56. The molecule has 0 atom stereocenters. The molecule has 0 saturated heterocycles. The zero-order valence-electron chi connectivity index (χ0n) is 6.83. The van der Waals surface area contributed by atoms with Gasteiger partial charge < -0.3 is 4.90 Å². The van der Waals surface area contributed by atoms with Crippen molar-refractivity contribution in [3.63, 3.8) is 0 Å². The van der Waals surface area contributed by atoms with Crippen LogP contribution in [-0.4, -0.2) is 14.1 Å². The van der Waals surface area contributed by atoms with Crippen LogP contribution in [0.4, 0.5) is 5.69 Å². The van der Waals surface area contributed by atoms with E-state index in [-0.39, 0.29) is 15.9 Å². The molecule has 71 valence electrons. The summed E-state index contributed by atoms with van der Waals surface area (Å²) in [6.07, 6.45) is 0. The van der Waals surface area contributed by atoms with E-state index >= 15 is 0 Å². The van der Waals surface area contributed by atoms with Gasteiger partial charge >= 0.3 is 35.0 Å². The van der Waals surface area contributed by atoms with E-state index < -0.39 is 0 Å². The molecule has 0 spiro atoms.